The Hall–Kier alpha value is -2.09. The number of aliphatic imine (C=N–C) groups is 1. The lowest BCUT2D eigenvalue weighted by Crippen LogP contribution is -2.44. The fraction of sp³-hybridized carbons (Fsp3) is 0.333. The number of amides is 1. The summed E-state index contributed by atoms with van der Waals surface area (Å²) in [5.74, 6) is 0.873. The maximum Gasteiger partial charge on any atom is 0.221 e. The molecular formula is C21H27IN4O. The molecule has 0 bridgehead atoms. The monoisotopic (exact) mass is 478 g/mol. The summed E-state index contributed by atoms with van der Waals surface area (Å²) in [6, 6.07) is 16.5. The van der Waals surface area contributed by atoms with Gasteiger partial charge in [-0.05, 0) is 42.2 Å². The summed E-state index contributed by atoms with van der Waals surface area (Å²) in [6.45, 7) is 6.87. The van der Waals surface area contributed by atoms with Crippen molar-refractivity contribution in [1.82, 2.24) is 10.2 Å². The van der Waals surface area contributed by atoms with Crippen LogP contribution in [0.1, 0.15) is 30.5 Å². The molecule has 0 unspecified atom stereocenters. The molecule has 0 saturated heterocycles. The molecule has 0 fully saturated rings. The number of carbonyl (C=O) groups excluding carboxylic acids is 1. The second-order valence-corrected chi connectivity index (χ2v) is 6.49. The van der Waals surface area contributed by atoms with E-state index in [4.69, 9.17) is 4.99 Å². The third-order valence-corrected chi connectivity index (χ3v) is 4.42. The molecule has 0 aliphatic carbocycles. The summed E-state index contributed by atoms with van der Waals surface area (Å²) >= 11 is 0. The lowest BCUT2D eigenvalue weighted by atomic mass is 10.0. The Bertz CT molecular complexity index is 806. The van der Waals surface area contributed by atoms with E-state index < -0.39 is 0 Å². The van der Waals surface area contributed by atoms with Crippen molar-refractivity contribution in [1.29, 1.82) is 0 Å². The van der Waals surface area contributed by atoms with E-state index in [1.165, 1.54) is 18.1 Å². The van der Waals surface area contributed by atoms with Gasteiger partial charge in [-0.1, -0.05) is 36.4 Å². The van der Waals surface area contributed by atoms with Crippen LogP contribution in [0.15, 0.2) is 53.5 Å². The number of nitrogens with zero attached hydrogens (tertiary/aromatic N) is 2. The molecule has 1 amide bonds. The van der Waals surface area contributed by atoms with E-state index in [-0.39, 0.29) is 29.9 Å². The molecule has 2 aromatic carbocycles. The van der Waals surface area contributed by atoms with E-state index in [1.54, 1.807) is 0 Å². The number of nitrogens with one attached hydrogen (secondary N) is 2. The van der Waals surface area contributed by atoms with Crippen LogP contribution in [0.5, 0.6) is 0 Å². The molecule has 2 aromatic rings. The van der Waals surface area contributed by atoms with Crippen molar-refractivity contribution >= 4 is 41.5 Å². The van der Waals surface area contributed by atoms with E-state index in [1.807, 2.05) is 24.3 Å². The van der Waals surface area contributed by atoms with Gasteiger partial charge in [0, 0.05) is 32.2 Å². The van der Waals surface area contributed by atoms with Crippen LogP contribution < -0.4 is 10.6 Å². The van der Waals surface area contributed by atoms with Gasteiger partial charge in [0.1, 0.15) is 0 Å². The first-order chi connectivity index (χ1) is 12.7. The molecule has 6 heteroatoms. The number of fused-ring (bicyclic) bond motifs is 1. The molecule has 0 aromatic heterocycles. The summed E-state index contributed by atoms with van der Waals surface area (Å²) < 4.78 is 0. The van der Waals surface area contributed by atoms with Gasteiger partial charge in [-0.25, -0.2) is 4.99 Å². The quantitative estimate of drug-likeness (QED) is 0.400. The third kappa shape index (κ3) is 5.95. The number of carbonyl (C=O) groups is 1. The number of benzene rings is 2. The average molecular weight is 478 g/mol. The lowest BCUT2D eigenvalue weighted by Gasteiger charge is -2.31. The topological polar surface area (TPSA) is 56.7 Å². The summed E-state index contributed by atoms with van der Waals surface area (Å²) in [4.78, 5) is 18.4. The van der Waals surface area contributed by atoms with Crippen molar-refractivity contribution in [2.75, 3.05) is 18.4 Å². The van der Waals surface area contributed by atoms with Crippen LogP contribution in [0.25, 0.3) is 0 Å². The number of hydrogen-bond acceptors (Lipinski definition) is 2. The highest BCUT2D eigenvalue weighted by Crippen LogP contribution is 2.19. The van der Waals surface area contributed by atoms with E-state index >= 15 is 0 Å². The van der Waals surface area contributed by atoms with Crippen molar-refractivity contribution < 1.29 is 4.79 Å². The maximum absolute atomic E-state index is 11.2. The van der Waals surface area contributed by atoms with Crippen molar-refractivity contribution in [3.05, 3.63) is 65.2 Å². The van der Waals surface area contributed by atoms with Crippen molar-refractivity contribution in [2.24, 2.45) is 4.99 Å². The second kappa shape index (κ2) is 10.3. The van der Waals surface area contributed by atoms with Crippen LogP contribution in [-0.2, 0) is 24.3 Å². The molecule has 3 rings (SSSR count). The van der Waals surface area contributed by atoms with Crippen LogP contribution in [0.3, 0.4) is 0 Å². The Morgan fingerprint density at radius 2 is 1.93 bits per heavy atom. The van der Waals surface area contributed by atoms with Crippen LogP contribution >= 0.6 is 24.0 Å². The van der Waals surface area contributed by atoms with E-state index in [0.717, 1.165) is 43.3 Å². The molecule has 0 saturated carbocycles. The predicted molar refractivity (Wildman–Crippen MR) is 122 cm³/mol. The summed E-state index contributed by atoms with van der Waals surface area (Å²) in [5.41, 5.74) is 4.69. The Labute approximate surface area is 178 Å². The summed E-state index contributed by atoms with van der Waals surface area (Å²) in [6.07, 6.45) is 1.04. The van der Waals surface area contributed by atoms with Gasteiger partial charge in [0.2, 0.25) is 5.91 Å². The van der Waals surface area contributed by atoms with Gasteiger partial charge in [-0.3, -0.25) is 4.79 Å². The smallest absolute Gasteiger partial charge is 0.221 e. The fourth-order valence-electron chi connectivity index (χ4n) is 3.22. The summed E-state index contributed by atoms with van der Waals surface area (Å²) in [5, 5.41) is 6.23. The molecule has 1 aliphatic heterocycles. The third-order valence-electron chi connectivity index (χ3n) is 4.42. The Morgan fingerprint density at radius 3 is 2.67 bits per heavy atom. The van der Waals surface area contributed by atoms with E-state index in [9.17, 15) is 4.79 Å². The number of halogens is 1. The zero-order valence-electron chi connectivity index (χ0n) is 15.9. The van der Waals surface area contributed by atoms with Gasteiger partial charge in [-0.2, -0.15) is 0 Å². The van der Waals surface area contributed by atoms with Gasteiger partial charge in [0.05, 0.1) is 6.54 Å². The fourth-order valence-corrected chi connectivity index (χ4v) is 3.22. The minimum atomic E-state index is -0.0639. The van der Waals surface area contributed by atoms with Gasteiger partial charge >= 0.3 is 0 Å². The first kappa shape index (κ1) is 21.2. The highest BCUT2D eigenvalue weighted by atomic mass is 127. The molecule has 0 spiro atoms. The zero-order valence-corrected chi connectivity index (χ0v) is 18.2. The highest BCUT2D eigenvalue weighted by Gasteiger charge is 2.18. The molecule has 0 radical (unpaired) electrons. The molecular weight excluding hydrogens is 451 g/mol. The molecule has 1 aliphatic rings. The number of rotatable bonds is 4. The van der Waals surface area contributed by atoms with Crippen LogP contribution in [0.4, 0.5) is 5.69 Å². The molecule has 0 atom stereocenters. The Balaban J connectivity index is 0.00000261. The SMILES string of the molecule is CCNC(=NCc1cccc(NC(C)=O)c1)N1CCc2ccccc2C1.I. The number of hydrogen-bond donors (Lipinski definition) is 2. The average Bonchev–Trinajstić information content (AvgIpc) is 2.64. The highest BCUT2D eigenvalue weighted by molar-refractivity contribution is 14.0. The van der Waals surface area contributed by atoms with Gasteiger partial charge in [-0.15, -0.1) is 24.0 Å². The maximum atomic E-state index is 11.2. The molecule has 27 heavy (non-hydrogen) atoms. The largest absolute Gasteiger partial charge is 0.356 e. The first-order valence-corrected chi connectivity index (χ1v) is 9.12. The zero-order chi connectivity index (χ0) is 18.4. The van der Waals surface area contributed by atoms with Crippen molar-refractivity contribution in [3.63, 3.8) is 0 Å². The minimum Gasteiger partial charge on any atom is -0.356 e. The standard InChI is InChI=1S/C21H26N4O.HI/c1-3-22-21(25-12-11-18-8-4-5-9-19(18)15-25)23-14-17-7-6-10-20(13-17)24-16(2)26;/h4-10,13H,3,11-12,14-15H2,1-2H3,(H,22,23)(H,24,26);1H. The van der Waals surface area contributed by atoms with Gasteiger partial charge in [0.15, 0.2) is 5.96 Å². The lowest BCUT2D eigenvalue weighted by molar-refractivity contribution is -0.114. The second-order valence-electron chi connectivity index (χ2n) is 6.49. The van der Waals surface area contributed by atoms with Gasteiger partial charge < -0.3 is 15.5 Å². The Morgan fingerprint density at radius 1 is 1.15 bits per heavy atom. The molecule has 2 N–H and O–H groups in total. The van der Waals surface area contributed by atoms with Crippen LogP contribution in [0.2, 0.25) is 0 Å². The molecule has 5 nitrogen and oxygen atoms in total. The molecule has 1 heterocycles. The predicted octanol–water partition coefficient (Wildman–Crippen LogP) is 3.79. The van der Waals surface area contributed by atoms with Gasteiger partial charge in [0.25, 0.3) is 0 Å². The number of guanidine groups is 1. The first-order valence-electron chi connectivity index (χ1n) is 9.12. The minimum absolute atomic E-state index is 0. The van der Waals surface area contributed by atoms with E-state index in [2.05, 4.69) is 46.7 Å². The molecule has 144 valence electrons. The number of anilines is 1. The summed E-state index contributed by atoms with van der Waals surface area (Å²) in [7, 11) is 0. The van der Waals surface area contributed by atoms with Crippen molar-refractivity contribution in [2.45, 2.75) is 33.4 Å². The van der Waals surface area contributed by atoms with Crippen LogP contribution in [-0.4, -0.2) is 29.9 Å². The van der Waals surface area contributed by atoms with E-state index in [0.29, 0.717) is 6.54 Å². The van der Waals surface area contributed by atoms with Crippen LogP contribution in [0, 0.1) is 0 Å². The normalized spacial score (nSPS) is 13.4. The van der Waals surface area contributed by atoms with Crippen molar-refractivity contribution in [3.8, 4) is 0 Å². The Kier molecular flexibility index (Phi) is 8.09.